The Bertz CT molecular complexity index is 393. The van der Waals surface area contributed by atoms with Crippen LogP contribution in [-0.2, 0) is 4.57 Å². The summed E-state index contributed by atoms with van der Waals surface area (Å²) in [5.74, 6) is -1.36. The largest absolute Gasteiger partial charge is 0.346 e. The quantitative estimate of drug-likeness (QED) is 0.707. The molecule has 1 atom stereocenters. The number of benzene rings is 1. The molecule has 4 nitrogen and oxygen atoms in total. The molecule has 0 aromatic heterocycles. The second-order valence-electron chi connectivity index (χ2n) is 2.71. The predicted molar refractivity (Wildman–Crippen MR) is 55.4 cm³/mol. The molecular formula is C7H8Cl2NO3P. The fourth-order valence-corrected chi connectivity index (χ4v) is 1.75. The summed E-state index contributed by atoms with van der Waals surface area (Å²) in [6, 6.07) is 4.21. The van der Waals surface area contributed by atoms with E-state index in [1.807, 2.05) is 0 Å². The Morgan fingerprint density at radius 1 is 1.29 bits per heavy atom. The molecule has 1 aromatic rings. The van der Waals surface area contributed by atoms with Gasteiger partial charge in [-0.15, -0.1) is 0 Å². The minimum absolute atomic E-state index is 0.216. The highest BCUT2D eigenvalue weighted by molar-refractivity contribution is 7.52. The molecule has 0 saturated carbocycles. The molecule has 0 aliphatic heterocycles. The summed E-state index contributed by atoms with van der Waals surface area (Å²) in [5, 5.41) is 0.529. The van der Waals surface area contributed by atoms with E-state index in [1.165, 1.54) is 18.2 Å². The van der Waals surface area contributed by atoms with Crippen LogP contribution in [0.15, 0.2) is 18.2 Å². The Labute approximate surface area is 90.8 Å². The summed E-state index contributed by atoms with van der Waals surface area (Å²) in [6.45, 7) is 0. The SMILES string of the molecule is N[C@@H](c1ccc(Cl)c(Cl)c1)P(=O)(O)O. The third kappa shape index (κ3) is 2.70. The van der Waals surface area contributed by atoms with Crippen molar-refractivity contribution in [3.05, 3.63) is 33.8 Å². The first-order valence-corrected chi connectivity index (χ1v) is 6.02. The standard InChI is InChI=1S/C7H8Cl2NO3P/c8-5-2-1-4(3-6(5)9)7(10)14(11,12)13/h1-3,7H,10H2,(H2,11,12,13)/t7-/m1/s1. The maximum absolute atomic E-state index is 10.8. The number of halogens is 2. The minimum Gasteiger partial charge on any atom is -0.323 e. The lowest BCUT2D eigenvalue weighted by Gasteiger charge is -2.13. The van der Waals surface area contributed by atoms with Crippen LogP contribution in [0.1, 0.15) is 11.3 Å². The topological polar surface area (TPSA) is 83.6 Å². The molecule has 0 aliphatic rings. The van der Waals surface area contributed by atoms with Crippen LogP contribution in [0.2, 0.25) is 10.0 Å². The van der Waals surface area contributed by atoms with Crippen molar-refractivity contribution < 1.29 is 14.4 Å². The molecule has 1 aromatic carbocycles. The monoisotopic (exact) mass is 255 g/mol. The minimum atomic E-state index is -4.34. The molecular weight excluding hydrogens is 248 g/mol. The number of rotatable bonds is 2. The van der Waals surface area contributed by atoms with Gasteiger partial charge in [-0.1, -0.05) is 29.3 Å². The Kier molecular flexibility index (Phi) is 3.58. The Balaban J connectivity index is 3.09. The zero-order valence-corrected chi connectivity index (χ0v) is 9.30. The summed E-state index contributed by atoms with van der Waals surface area (Å²) in [5.41, 5.74) is 5.58. The second-order valence-corrected chi connectivity index (χ2v) is 5.26. The lowest BCUT2D eigenvalue weighted by molar-refractivity contribution is 0.359. The molecule has 0 fully saturated rings. The van der Waals surface area contributed by atoms with E-state index in [0.717, 1.165) is 0 Å². The molecule has 1 rings (SSSR count). The molecule has 7 heteroatoms. The average Bonchev–Trinajstić information content (AvgIpc) is 2.07. The predicted octanol–water partition coefficient (Wildman–Crippen LogP) is 2.13. The number of hydrogen-bond donors (Lipinski definition) is 3. The van der Waals surface area contributed by atoms with Crippen LogP contribution < -0.4 is 5.73 Å². The molecule has 0 heterocycles. The van der Waals surface area contributed by atoms with Gasteiger partial charge in [-0.3, -0.25) is 4.57 Å². The molecule has 0 spiro atoms. The first kappa shape index (κ1) is 12.0. The van der Waals surface area contributed by atoms with Gasteiger partial charge in [-0.2, -0.15) is 0 Å². The molecule has 0 saturated heterocycles. The zero-order valence-electron chi connectivity index (χ0n) is 6.89. The first-order chi connectivity index (χ1) is 6.32. The van der Waals surface area contributed by atoms with Crippen molar-refractivity contribution in [2.45, 2.75) is 5.78 Å². The summed E-state index contributed by atoms with van der Waals surface area (Å²) >= 11 is 11.3. The van der Waals surface area contributed by atoms with Gasteiger partial charge in [0.15, 0.2) is 0 Å². The van der Waals surface area contributed by atoms with Gasteiger partial charge in [-0.25, -0.2) is 0 Å². The van der Waals surface area contributed by atoms with Crippen molar-refractivity contribution >= 4 is 30.8 Å². The van der Waals surface area contributed by atoms with Gasteiger partial charge in [0.25, 0.3) is 0 Å². The van der Waals surface area contributed by atoms with E-state index in [4.69, 9.17) is 38.7 Å². The van der Waals surface area contributed by atoms with Gasteiger partial charge in [0.1, 0.15) is 5.78 Å². The maximum atomic E-state index is 10.8. The van der Waals surface area contributed by atoms with Gasteiger partial charge in [0.2, 0.25) is 0 Å². The Hall–Kier alpha value is -0.0900. The third-order valence-electron chi connectivity index (χ3n) is 1.65. The average molecular weight is 256 g/mol. The van der Waals surface area contributed by atoms with Crippen LogP contribution in [0.4, 0.5) is 0 Å². The normalized spacial score (nSPS) is 14.1. The lowest BCUT2D eigenvalue weighted by Crippen LogP contribution is -2.10. The maximum Gasteiger partial charge on any atom is 0.346 e. The smallest absolute Gasteiger partial charge is 0.323 e. The van der Waals surface area contributed by atoms with Crippen LogP contribution in [0, 0.1) is 0 Å². The van der Waals surface area contributed by atoms with E-state index >= 15 is 0 Å². The molecule has 4 N–H and O–H groups in total. The molecule has 0 amide bonds. The highest BCUT2D eigenvalue weighted by Crippen LogP contribution is 2.48. The van der Waals surface area contributed by atoms with Crippen LogP contribution in [0.5, 0.6) is 0 Å². The van der Waals surface area contributed by atoms with Crippen molar-refractivity contribution in [1.82, 2.24) is 0 Å². The van der Waals surface area contributed by atoms with Crippen molar-refractivity contribution in [3.63, 3.8) is 0 Å². The fourth-order valence-electron chi connectivity index (χ4n) is 0.891. The molecule has 0 unspecified atom stereocenters. The molecule has 78 valence electrons. The zero-order chi connectivity index (χ0) is 10.9. The van der Waals surface area contributed by atoms with E-state index < -0.39 is 13.4 Å². The molecule has 14 heavy (non-hydrogen) atoms. The van der Waals surface area contributed by atoms with Crippen molar-refractivity contribution in [3.8, 4) is 0 Å². The van der Waals surface area contributed by atoms with Gasteiger partial charge in [0, 0.05) is 0 Å². The van der Waals surface area contributed by atoms with Crippen LogP contribution in [-0.4, -0.2) is 9.79 Å². The van der Waals surface area contributed by atoms with E-state index in [2.05, 4.69) is 0 Å². The van der Waals surface area contributed by atoms with E-state index in [1.54, 1.807) is 0 Å². The van der Waals surface area contributed by atoms with E-state index in [0.29, 0.717) is 5.02 Å². The van der Waals surface area contributed by atoms with Crippen molar-refractivity contribution in [1.29, 1.82) is 0 Å². The van der Waals surface area contributed by atoms with Gasteiger partial charge < -0.3 is 15.5 Å². The number of hydrogen-bond acceptors (Lipinski definition) is 2. The van der Waals surface area contributed by atoms with Gasteiger partial charge in [-0.05, 0) is 17.7 Å². The van der Waals surface area contributed by atoms with Crippen LogP contribution in [0.3, 0.4) is 0 Å². The van der Waals surface area contributed by atoms with E-state index in [-0.39, 0.29) is 10.6 Å². The highest BCUT2D eigenvalue weighted by Gasteiger charge is 2.26. The fraction of sp³-hybridized carbons (Fsp3) is 0.143. The molecule has 0 bridgehead atoms. The van der Waals surface area contributed by atoms with Crippen LogP contribution in [0.25, 0.3) is 0 Å². The van der Waals surface area contributed by atoms with Crippen LogP contribution >= 0.6 is 30.8 Å². The summed E-state index contributed by atoms with van der Waals surface area (Å²) in [6.07, 6.45) is 0. The Morgan fingerprint density at radius 3 is 2.29 bits per heavy atom. The summed E-state index contributed by atoms with van der Waals surface area (Å²) in [4.78, 5) is 17.6. The summed E-state index contributed by atoms with van der Waals surface area (Å²) < 4.78 is 10.8. The highest BCUT2D eigenvalue weighted by atomic mass is 35.5. The van der Waals surface area contributed by atoms with Gasteiger partial charge in [0.05, 0.1) is 10.0 Å². The first-order valence-electron chi connectivity index (χ1n) is 3.58. The van der Waals surface area contributed by atoms with Crippen molar-refractivity contribution in [2.75, 3.05) is 0 Å². The van der Waals surface area contributed by atoms with Gasteiger partial charge >= 0.3 is 7.60 Å². The molecule has 0 radical (unpaired) electrons. The Morgan fingerprint density at radius 2 is 1.86 bits per heavy atom. The third-order valence-corrected chi connectivity index (χ3v) is 3.41. The second kappa shape index (κ2) is 4.19. The summed E-state index contributed by atoms with van der Waals surface area (Å²) in [7, 11) is -4.34. The lowest BCUT2D eigenvalue weighted by atomic mass is 10.2. The number of nitrogens with two attached hydrogens (primary N) is 1. The van der Waals surface area contributed by atoms with Crippen molar-refractivity contribution in [2.24, 2.45) is 5.73 Å². The molecule has 0 aliphatic carbocycles. The van der Waals surface area contributed by atoms with E-state index in [9.17, 15) is 4.57 Å².